The maximum absolute atomic E-state index is 12.6. The summed E-state index contributed by atoms with van der Waals surface area (Å²) in [7, 11) is 0. The number of halogens is 4. The molecule has 0 N–H and O–H groups in total. The van der Waals surface area contributed by atoms with Crippen LogP contribution in [0.1, 0.15) is 5.69 Å². The molecule has 0 fully saturated rings. The fraction of sp³-hybridized carbons (Fsp3) is 0.0833. The topological polar surface area (TPSA) is 65.3 Å². The highest BCUT2D eigenvalue weighted by Crippen LogP contribution is 2.36. The number of nitrogens with zero attached hydrogens (tertiary/aromatic N) is 2. The minimum atomic E-state index is -4.71. The van der Waals surface area contributed by atoms with Crippen LogP contribution in [0.4, 0.5) is 18.9 Å². The molecule has 0 amide bonds. The standard InChI is InChI=1S/C12H6F3IN2O3/c13-12(14,15)11-5-10(9(6-17-11)18(19)20)21-8-3-1-7(16)2-4-8/h1-6H. The van der Waals surface area contributed by atoms with Crippen molar-refractivity contribution in [2.24, 2.45) is 0 Å². The van der Waals surface area contributed by atoms with E-state index < -0.39 is 28.2 Å². The van der Waals surface area contributed by atoms with Gasteiger partial charge >= 0.3 is 11.9 Å². The van der Waals surface area contributed by atoms with Crippen molar-refractivity contribution in [1.29, 1.82) is 0 Å². The van der Waals surface area contributed by atoms with Crippen molar-refractivity contribution in [3.63, 3.8) is 0 Å². The van der Waals surface area contributed by atoms with Crippen LogP contribution in [0, 0.1) is 13.7 Å². The molecule has 0 unspecified atom stereocenters. The molecule has 1 heterocycles. The van der Waals surface area contributed by atoms with Gasteiger partial charge in [-0.1, -0.05) is 0 Å². The zero-order valence-electron chi connectivity index (χ0n) is 10.1. The van der Waals surface area contributed by atoms with Crippen LogP contribution in [0.3, 0.4) is 0 Å². The van der Waals surface area contributed by atoms with Crippen molar-refractivity contribution >= 4 is 28.3 Å². The van der Waals surface area contributed by atoms with E-state index in [1.54, 1.807) is 12.1 Å². The van der Waals surface area contributed by atoms with E-state index in [1.807, 2.05) is 22.6 Å². The Labute approximate surface area is 130 Å². The minimum absolute atomic E-state index is 0.192. The quantitative estimate of drug-likeness (QED) is 0.428. The van der Waals surface area contributed by atoms with E-state index in [1.165, 1.54) is 12.1 Å². The summed E-state index contributed by atoms with van der Waals surface area (Å²) in [6.45, 7) is 0. The summed E-state index contributed by atoms with van der Waals surface area (Å²) < 4.78 is 43.9. The van der Waals surface area contributed by atoms with E-state index in [0.29, 0.717) is 12.3 Å². The van der Waals surface area contributed by atoms with Crippen molar-refractivity contribution < 1.29 is 22.8 Å². The summed E-state index contributed by atoms with van der Waals surface area (Å²) >= 11 is 2.04. The number of nitro groups is 1. The van der Waals surface area contributed by atoms with Gasteiger partial charge < -0.3 is 4.74 Å². The molecule has 0 aliphatic heterocycles. The van der Waals surface area contributed by atoms with Crippen LogP contribution < -0.4 is 4.74 Å². The van der Waals surface area contributed by atoms with Gasteiger partial charge in [-0.15, -0.1) is 0 Å². The fourth-order valence-corrected chi connectivity index (χ4v) is 1.79. The Morgan fingerprint density at radius 2 is 1.86 bits per heavy atom. The summed E-state index contributed by atoms with van der Waals surface area (Å²) in [5.41, 5.74) is -1.89. The number of ether oxygens (including phenoxy) is 1. The van der Waals surface area contributed by atoms with Crippen molar-refractivity contribution in [2.75, 3.05) is 0 Å². The maximum atomic E-state index is 12.6. The minimum Gasteiger partial charge on any atom is -0.450 e. The van der Waals surface area contributed by atoms with Gasteiger partial charge in [-0.25, -0.2) is 4.98 Å². The number of hydrogen-bond acceptors (Lipinski definition) is 4. The second-order valence-electron chi connectivity index (χ2n) is 3.85. The molecule has 0 saturated carbocycles. The van der Waals surface area contributed by atoms with Crippen LogP contribution in [-0.4, -0.2) is 9.91 Å². The van der Waals surface area contributed by atoms with Gasteiger partial charge in [-0.3, -0.25) is 10.1 Å². The average Bonchev–Trinajstić information content (AvgIpc) is 2.40. The Hall–Kier alpha value is -1.91. The molecular formula is C12H6F3IN2O3. The third-order valence-corrected chi connectivity index (χ3v) is 3.09. The van der Waals surface area contributed by atoms with Gasteiger partial charge in [0.15, 0.2) is 0 Å². The largest absolute Gasteiger partial charge is 0.450 e. The Morgan fingerprint density at radius 3 is 2.38 bits per heavy atom. The van der Waals surface area contributed by atoms with Gasteiger partial charge in [0.2, 0.25) is 5.75 Å². The molecule has 9 heteroatoms. The fourth-order valence-electron chi connectivity index (χ4n) is 1.43. The van der Waals surface area contributed by atoms with Gasteiger partial charge in [0.25, 0.3) is 0 Å². The molecule has 110 valence electrons. The van der Waals surface area contributed by atoms with Gasteiger partial charge in [-0.05, 0) is 46.9 Å². The Morgan fingerprint density at radius 1 is 1.24 bits per heavy atom. The van der Waals surface area contributed by atoms with Gasteiger partial charge in [0, 0.05) is 9.64 Å². The van der Waals surface area contributed by atoms with Crippen LogP contribution in [0.2, 0.25) is 0 Å². The lowest BCUT2D eigenvalue weighted by Crippen LogP contribution is -2.08. The van der Waals surface area contributed by atoms with Crippen LogP contribution in [0.5, 0.6) is 11.5 Å². The van der Waals surface area contributed by atoms with Gasteiger partial charge in [0.05, 0.1) is 4.92 Å². The van der Waals surface area contributed by atoms with Gasteiger partial charge in [-0.2, -0.15) is 13.2 Å². The Balaban J connectivity index is 2.43. The molecule has 0 radical (unpaired) electrons. The summed E-state index contributed by atoms with van der Waals surface area (Å²) in [5.74, 6) is -0.318. The molecular weight excluding hydrogens is 404 g/mol. The second-order valence-corrected chi connectivity index (χ2v) is 5.09. The predicted octanol–water partition coefficient (Wildman–Crippen LogP) is 4.41. The van der Waals surface area contributed by atoms with Crippen LogP contribution in [0.15, 0.2) is 36.5 Å². The molecule has 5 nitrogen and oxygen atoms in total. The van der Waals surface area contributed by atoms with Crippen molar-refractivity contribution in [3.05, 3.63) is 55.9 Å². The SMILES string of the molecule is O=[N+]([O-])c1cnc(C(F)(F)F)cc1Oc1ccc(I)cc1. The Kier molecular flexibility index (Phi) is 4.30. The number of hydrogen-bond donors (Lipinski definition) is 0. The molecule has 0 aliphatic carbocycles. The lowest BCUT2D eigenvalue weighted by atomic mass is 10.3. The Bertz CT molecular complexity index is 674. The van der Waals surface area contributed by atoms with Crippen molar-refractivity contribution in [3.8, 4) is 11.5 Å². The number of alkyl halides is 3. The lowest BCUT2D eigenvalue weighted by Gasteiger charge is -2.09. The zero-order valence-corrected chi connectivity index (χ0v) is 12.3. The molecule has 2 aromatic rings. The molecule has 0 saturated heterocycles. The molecule has 0 aliphatic rings. The molecule has 0 bridgehead atoms. The van der Waals surface area contributed by atoms with E-state index in [4.69, 9.17) is 4.74 Å². The van der Waals surface area contributed by atoms with E-state index in [9.17, 15) is 23.3 Å². The maximum Gasteiger partial charge on any atom is 0.433 e. The highest BCUT2D eigenvalue weighted by Gasteiger charge is 2.34. The first-order chi connectivity index (χ1) is 9.77. The summed E-state index contributed by atoms with van der Waals surface area (Å²) in [5, 5.41) is 10.8. The summed E-state index contributed by atoms with van der Waals surface area (Å²) in [6.07, 6.45) is -4.18. The number of benzene rings is 1. The lowest BCUT2D eigenvalue weighted by molar-refractivity contribution is -0.386. The highest BCUT2D eigenvalue weighted by atomic mass is 127. The van der Waals surface area contributed by atoms with E-state index >= 15 is 0 Å². The number of rotatable bonds is 3. The first kappa shape index (κ1) is 15.5. The molecule has 1 aromatic heterocycles. The zero-order chi connectivity index (χ0) is 15.6. The predicted molar refractivity (Wildman–Crippen MR) is 75.1 cm³/mol. The molecule has 21 heavy (non-hydrogen) atoms. The van der Waals surface area contributed by atoms with Crippen LogP contribution in [-0.2, 0) is 6.18 Å². The van der Waals surface area contributed by atoms with Crippen LogP contribution in [0.25, 0.3) is 0 Å². The summed E-state index contributed by atoms with van der Waals surface area (Å²) in [6, 6.07) is 6.83. The monoisotopic (exact) mass is 410 g/mol. The van der Waals surface area contributed by atoms with Crippen molar-refractivity contribution in [1.82, 2.24) is 4.98 Å². The molecule has 2 rings (SSSR count). The molecule has 1 aromatic carbocycles. The first-order valence-corrected chi connectivity index (χ1v) is 6.50. The first-order valence-electron chi connectivity index (χ1n) is 5.42. The average molecular weight is 410 g/mol. The normalized spacial score (nSPS) is 11.2. The highest BCUT2D eigenvalue weighted by molar-refractivity contribution is 14.1. The van der Waals surface area contributed by atoms with E-state index in [0.717, 1.165) is 3.57 Å². The van der Waals surface area contributed by atoms with E-state index in [-0.39, 0.29) is 5.75 Å². The number of pyridine rings is 1. The second kappa shape index (κ2) is 5.84. The summed E-state index contributed by atoms with van der Waals surface area (Å²) in [4.78, 5) is 13.0. The smallest absolute Gasteiger partial charge is 0.433 e. The van der Waals surface area contributed by atoms with Crippen molar-refractivity contribution in [2.45, 2.75) is 6.18 Å². The number of aromatic nitrogens is 1. The van der Waals surface area contributed by atoms with Crippen LogP contribution >= 0.6 is 22.6 Å². The molecule has 0 atom stereocenters. The van der Waals surface area contributed by atoms with Gasteiger partial charge in [0.1, 0.15) is 17.6 Å². The third kappa shape index (κ3) is 3.80. The molecule has 0 spiro atoms. The van der Waals surface area contributed by atoms with E-state index in [2.05, 4.69) is 4.98 Å². The third-order valence-electron chi connectivity index (χ3n) is 2.37.